The van der Waals surface area contributed by atoms with Gasteiger partial charge in [-0.3, -0.25) is 38.4 Å². The number of nitrogens with one attached hydrogen (secondary N) is 8. The van der Waals surface area contributed by atoms with Crippen molar-refractivity contribution in [1.82, 2.24) is 80.7 Å². The maximum Gasteiger partial charge on any atom is 0.280 e. The highest BCUT2D eigenvalue weighted by molar-refractivity contribution is 7.91. The molecule has 45 heteroatoms. The maximum absolute atomic E-state index is 14.1. The van der Waals surface area contributed by atoms with Crippen LogP contribution >= 0.6 is 45.3 Å². The number of aliphatic hydroxyl groups excluding tert-OH is 3. The number of pyridine rings is 4. The number of carbonyl (C=O) groups is 8. The summed E-state index contributed by atoms with van der Waals surface area (Å²) in [6, 6.07) is 5.54. The van der Waals surface area contributed by atoms with Gasteiger partial charge in [0.05, 0.1) is 94.3 Å². The summed E-state index contributed by atoms with van der Waals surface area (Å²) < 4.78 is 113. The number of rotatable bonds is 25. The summed E-state index contributed by atoms with van der Waals surface area (Å²) in [7, 11) is -3.09. The molecule has 143 heavy (non-hydrogen) atoms. The van der Waals surface area contributed by atoms with E-state index in [0.29, 0.717) is 116 Å². The number of aromatic nitrogens is 8. The third kappa shape index (κ3) is 25.6. The minimum atomic E-state index is -3.09. The number of aliphatic hydroxyl groups is 3. The molecule has 34 nitrogen and oxygen atoms in total. The van der Waals surface area contributed by atoms with Gasteiger partial charge in [-0.2, -0.15) is 0 Å². The number of likely N-dealkylation sites (tertiary alicyclic amines) is 3. The third-order valence-corrected chi connectivity index (χ3v) is 33.4. The smallest absolute Gasteiger partial charge is 0.280 e. The van der Waals surface area contributed by atoms with Gasteiger partial charge in [-0.05, 0) is 239 Å². The average molecular weight is 2080 g/mol. The standard InChI is InChI=1S/C26H33N5O4S.C24H31F2N5O4S2.2C24H31F2N5O3S/c1-13-9-21(28-14(2)15-3-4-15)27-10-18(13)23-22(26(34)31-16-5-6-17(31)8-7-16)30-25(36-23)24(33)29-19-11-35-12-20(19)32;1-13(2)28-18-9-14(3)17(11-27-18)20-19(23(33)31-12-24(25,26)10-15(31)4)30-22(36-20)21(32)29-16-5-7-37(34,35)8-6-16;1-12(2)28-18-7-13(3)17(10-27-18)20-19(23(34)31-11-24(25,26)9-14(31)4)30-22(35-20)21(33)29-15-5-6-16(32)8-15;1-12(2)28-18-8-13(3)15(10-27-18)20-19(23(34)31-11-24(25,26)9-14(31)4)30-22(35-20)21(33)29-16-6-5-7-17(16)32/h9-10,14-17,19-20,32H,3-8,11-12H2,1-2H3,(H,27,28)(H,29,33);9,11,13,15-16H,5-8,10,12H2,1-4H3,(H,27,28)(H,29,32);7,10,12,14-16,32H,5-6,8-9,11H2,1-4H3,(H,27,28)(H,29,33);8,10,12,14,16-17,32H,5-7,9,11H2,1-4H3,(H,27,28)(H,29,33)/t14-,16?,17?,19+,20+;15-;14-,15?,16-;14-,16+,17+/m1000/s1. The number of nitrogens with zero attached hydrogens (tertiary/aromatic N) is 12. The van der Waals surface area contributed by atoms with E-state index in [0.717, 1.165) is 114 Å². The molecule has 15 heterocycles. The van der Waals surface area contributed by atoms with Gasteiger partial charge in [0.2, 0.25) is 0 Å². The molecular weight excluding hydrogens is 1960 g/mol. The summed E-state index contributed by atoms with van der Waals surface area (Å²) in [5.41, 5.74) is 6.19. The Morgan fingerprint density at radius 2 is 0.762 bits per heavy atom. The second kappa shape index (κ2) is 44.0. The molecule has 8 aromatic heterocycles. The van der Waals surface area contributed by atoms with Gasteiger partial charge < -0.3 is 82.2 Å². The van der Waals surface area contributed by atoms with Crippen molar-refractivity contribution in [3.63, 3.8) is 0 Å². The largest absolute Gasteiger partial charge is 0.393 e. The highest BCUT2D eigenvalue weighted by atomic mass is 32.2. The van der Waals surface area contributed by atoms with E-state index in [-0.39, 0.29) is 116 Å². The van der Waals surface area contributed by atoms with E-state index in [1.165, 1.54) is 24.2 Å². The Labute approximate surface area is 842 Å². The Balaban J connectivity index is 0.000000144. The predicted molar refractivity (Wildman–Crippen MR) is 534 cm³/mol. The monoisotopic (exact) mass is 2080 g/mol. The van der Waals surface area contributed by atoms with Crippen LogP contribution in [0.1, 0.15) is 282 Å². The molecule has 774 valence electrons. The zero-order chi connectivity index (χ0) is 103. The molecule has 8 amide bonds. The maximum atomic E-state index is 14.1. The Bertz CT molecular complexity index is 6160. The first-order valence-corrected chi connectivity index (χ1v) is 54.0. The summed E-state index contributed by atoms with van der Waals surface area (Å²) in [5, 5.41) is 54.7. The molecule has 2 bridgehead atoms. The number of halogens is 6. The molecule has 3 saturated carbocycles. The number of hydrogen-bond donors (Lipinski definition) is 11. The lowest BCUT2D eigenvalue weighted by Crippen LogP contribution is -2.42. The van der Waals surface area contributed by atoms with Crippen molar-refractivity contribution in [2.24, 2.45) is 5.92 Å². The van der Waals surface area contributed by atoms with Crippen molar-refractivity contribution >= 4 is 126 Å². The lowest BCUT2D eigenvalue weighted by molar-refractivity contribution is 0.0115. The third-order valence-electron chi connectivity index (χ3n) is 27.4. The van der Waals surface area contributed by atoms with E-state index in [4.69, 9.17) is 4.74 Å². The molecule has 10 aliphatic rings. The van der Waals surface area contributed by atoms with E-state index in [1.54, 1.807) is 45.6 Å². The molecule has 7 saturated heterocycles. The van der Waals surface area contributed by atoms with Crippen LogP contribution in [0.5, 0.6) is 0 Å². The van der Waals surface area contributed by atoms with E-state index in [9.17, 15) is 88.4 Å². The quantitative estimate of drug-likeness (QED) is 0.0237. The molecule has 0 spiro atoms. The number of thiazole rings is 4. The number of anilines is 4. The van der Waals surface area contributed by atoms with Crippen molar-refractivity contribution in [2.75, 3.05) is 65.6 Å². The second-order valence-corrected chi connectivity index (χ2v) is 46.8. The normalized spacial score (nSPS) is 24.1. The van der Waals surface area contributed by atoms with Crippen molar-refractivity contribution in [1.29, 1.82) is 0 Å². The molecular formula is C98H126F6N20O14S5. The zero-order valence-corrected chi connectivity index (χ0v) is 86.5. The molecule has 0 aromatic carbocycles. The van der Waals surface area contributed by atoms with Crippen molar-refractivity contribution < 1.29 is 93.2 Å². The lowest BCUT2D eigenvalue weighted by Gasteiger charge is -2.22. The number of carbonyl (C=O) groups excluding carboxylic acids is 8. The fourth-order valence-corrected chi connectivity index (χ4v) is 25.4. The first kappa shape index (κ1) is 107. The molecule has 8 aromatic rings. The molecule has 18 rings (SSSR count). The van der Waals surface area contributed by atoms with Crippen molar-refractivity contribution in [2.45, 2.75) is 321 Å². The van der Waals surface area contributed by atoms with Crippen LogP contribution in [-0.4, -0.2) is 289 Å². The number of sulfone groups is 1. The molecule has 11 N–H and O–H groups in total. The summed E-state index contributed by atoms with van der Waals surface area (Å²) in [6.07, 6.45) is 14.5. The Morgan fingerprint density at radius 1 is 0.420 bits per heavy atom. The van der Waals surface area contributed by atoms with Crippen LogP contribution in [-0.2, 0) is 14.6 Å². The van der Waals surface area contributed by atoms with Gasteiger partial charge in [-0.25, -0.2) is 74.6 Å². The van der Waals surface area contributed by atoms with Gasteiger partial charge in [0.15, 0.2) is 20.0 Å². The van der Waals surface area contributed by atoms with E-state index in [1.807, 2.05) is 98.4 Å². The fraction of sp³-hybridized carbons (Fsp3) is 0.592. The van der Waals surface area contributed by atoms with Gasteiger partial charge in [0, 0.05) is 133 Å². The van der Waals surface area contributed by atoms with Crippen LogP contribution in [0.4, 0.5) is 49.6 Å². The van der Waals surface area contributed by atoms with Gasteiger partial charge in [0.1, 0.15) is 55.9 Å². The van der Waals surface area contributed by atoms with Crippen LogP contribution < -0.4 is 42.5 Å². The number of ether oxygens (including phenoxy) is 1. The molecule has 10 atom stereocenters. The van der Waals surface area contributed by atoms with E-state index < -0.39 is 150 Å². The Morgan fingerprint density at radius 3 is 1.06 bits per heavy atom. The van der Waals surface area contributed by atoms with Gasteiger partial charge in [0.25, 0.3) is 65.0 Å². The number of amides is 8. The van der Waals surface area contributed by atoms with E-state index in [2.05, 4.69) is 89.3 Å². The fourth-order valence-electron chi connectivity index (χ4n) is 19.8. The highest BCUT2D eigenvalue weighted by Gasteiger charge is 2.51. The van der Waals surface area contributed by atoms with Crippen LogP contribution in [0.15, 0.2) is 49.1 Å². The molecule has 7 aliphatic heterocycles. The Hall–Kier alpha value is -10.6. The summed E-state index contributed by atoms with van der Waals surface area (Å²) >= 11 is 4.28. The molecule has 1 unspecified atom stereocenters. The summed E-state index contributed by atoms with van der Waals surface area (Å²) in [6.45, 7) is 24.8. The van der Waals surface area contributed by atoms with Crippen molar-refractivity contribution in [3.8, 4) is 41.8 Å². The van der Waals surface area contributed by atoms with Crippen molar-refractivity contribution in [3.05, 3.63) is 114 Å². The number of hydrogen-bond acceptors (Lipinski definition) is 30. The molecule has 0 radical (unpaired) electrons. The van der Waals surface area contributed by atoms with E-state index >= 15 is 0 Å². The number of alkyl halides is 6. The number of aryl methyl sites for hydroxylation is 4. The lowest BCUT2D eigenvalue weighted by atomic mass is 10.0. The highest BCUT2D eigenvalue weighted by Crippen LogP contribution is 2.46. The van der Waals surface area contributed by atoms with Crippen LogP contribution in [0.3, 0.4) is 0 Å². The molecule has 3 aliphatic carbocycles. The van der Waals surface area contributed by atoms with Gasteiger partial charge in [-0.1, -0.05) is 0 Å². The van der Waals surface area contributed by atoms with Gasteiger partial charge >= 0.3 is 0 Å². The van der Waals surface area contributed by atoms with Crippen LogP contribution in [0.25, 0.3) is 41.8 Å². The van der Waals surface area contributed by atoms with Gasteiger partial charge in [-0.15, -0.1) is 45.3 Å². The summed E-state index contributed by atoms with van der Waals surface area (Å²) in [4.78, 5) is 149. The zero-order valence-electron chi connectivity index (χ0n) is 82.4. The van der Waals surface area contributed by atoms with Crippen LogP contribution in [0.2, 0.25) is 0 Å². The minimum absolute atomic E-state index is 0.00646. The molecule has 10 fully saturated rings. The Kier molecular flexibility index (Phi) is 32.8. The second-order valence-electron chi connectivity index (χ2n) is 40.5. The SMILES string of the molecule is Cc1cc(NC(C)C)ncc1-c1sc(C(=O)NC2CCS(=O)(=O)CC2)nc1C(=O)N1CC(F)(F)C[C@@H]1C.Cc1cc(NC(C)C)ncc1-c1sc(C(=O)NC2CC[C@H](O)C2)nc1C(=O)N1CC(F)(F)C[C@@H]1C.Cc1cc(NC(C)C)ncc1-c1sc(C(=O)N[C@@H]2CCC[C@H]2O)nc1C(=O)N1CC(F)(F)C[C@@H]1C.Cc1cc(N[C@H](C)C2CC2)ncc1-c1sc(C(=O)N[C@H]2COC[C@@H]2O)nc1C(=O)N1C2CCC1CC2. The average Bonchev–Trinajstić information content (AvgIpc) is 1.66. The first-order chi connectivity index (χ1) is 67.5. The minimum Gasteiger partial charge on any atom is -0.393 e. The topological polar surface area (TPSA) is 453 Å². The first-order valence-electron chi connectivity index (χ1n) is 48.9. The number of fused-ring (bicyclic) bond motifs is 2. The summed E-state index contributed by atoms with van der Waals surface area (Å²) in [5.74, 6) is -9.32. The van der Waals surface area contributed by atoms with Crippen LogP contribution in [0, 0.1) is 33.6 Å². The predicted octanol–water partition coefficient (Wildman–Crippen LogP) is 14.2.